The predicted octanol–water partition coefficient (Wildman–Crippen LogP) is -2.19. The molecule has 1 N–H and O–H groups in total. The van der Waals surface area contributed by atoms with Crippen molar-refractivity contribution in [3.63, 3.8) is 0 Å². The van der Waals surface area contributed by atoms with E-state index < -0.39 is 12.1 Å². The molecule has 0 aromatic heterocycles. The van der Waals surface area contributed by atoms with Crippen molar-refractivity contribution >= 4 is 23.0 Å². The minimum atomic E-state index is -1.20. The number of hydrogen-bond donors (Lipinski definition) is 1. The van der Waals surface area contributed by atoms with Crippen molar-refractivity contribution in [1.82, 2.24) is 0 Å². The van der Waals surface area contributed by atoms with Crippen molar-refractivity contribution in [1.29, 1.82) is 0 Å². The van der Waals surface area contributed by atoms with Crippen LogP contribution in [-0.4, -0.2) is 66.4 Å². The first-order valence-corrected chi connectivity index (χ1v) is 3.49. The zero-order valence-electron chi connectivity index (χ0n) is 7.61. The number of nitrogens with zero attached hydrogens (tertiary/aromatic N) is 1. The fourth-order valence-corrected chi connectivity index (χ4v) is 0.889. The van der Waals surface area contributed by atoms with Crippen molar-refractivity contribution in [2.45, 2.75) is 12.5 Å². The number of hydrogen-bond acceptors (Lipinski definition) is 3. The molecular weight excluding hydrogens is 225 g/mol. The molecule has 1 atom stereocenters. The van der Waals surface area contributed by atoms with E-state index in [9.17, 15) is 9.90 Å². The van der Waals surface area contributed by atoms with Crippen LogP contribution in [0.15, 0.2) is 0 Å². The molecule has 0 aromatic carbocycles. The van der Waals surface area contributed by atoms with Crippen LogP contribution in [0.4, 0.5) is 0 Å². The zero-order valence-corrected chi connectivity index (χ0v) is 9.32. The van der Waals surface area contributed by atoms with Crippen LogP contribution >= 0.6 is 0 Å². The minimum absolute atomic E-state index is 0. The Morgan fingerprint density at radius 2 is 1.92 bits per heavy atom. The van der Waals surface area contributed by atoms with Gasteiger partial charge in [0.1, 0.15) is 12.6 Å². The van der Waals surface area contributed by atoms with E-state index >= 15 is 0 Å². The van der Waals surface area contributed by atoms with Gasteiger partial charge in [-0.1, -0.05) is 0 Å². The van der Waals surface area contributed by atoms with E-state index in [1.807, 2.05) is 21.1 Å². The molecule has 0 amide bonds. The van der Waals surface area contributed by atoms with Gasteiger partial charge >= 0.3 is 0 Å². The Bertz CT molecular complexity index is 144. The monoisotopic (exact) mass is 241 g/mol. The van der Waals surface area contributed by atoms with Gasteiger partial charge in [-0.3, -0.25) is 0 Å². The van der Waals surface area contributed by atoms with E-state index in [1.165, 1.54) is 0 Å². The van der Waals surface area contributed by atoms with Crippen LogP contribution in [0, 0.1) is 0 Å². The topological polar surface area (TPSA) is 60.4 Å². The Labute approximate surface area is 83.2 Å². The molecule has 0 unspecified atom stereocenters. The molecule has 72 valence electrons. The maximum absolute atomic E-state index is 10.0. The third kappa shape index (κ3) is 9.91. The van der Waals surface area contributed by atoms with Gasteiger partial charge in [0.2, 0.25) is 0 Å². The fraction of sp³-hybridized carbons (Fsp3) is 0.857. The van der Waals surface area contributed by atoms with E-state index in [4.69, 9.17) is 5.11 Å². The van der Waals surface area contributed by atoms with Gasteiger partial charge in [-0.25, -0.2) is 0 Å². The second-order valence-electron chi connectivity index (χ2n) is 3.70. The first-order chi connectivity index (χ1) is 4.81. The van der Waals surface area contributed by atoms with Crippen molar-refractivity contribution in [3.8, 4) is 0 Å². The quantitative estimate of drug-likeness (QED) is 0.448. The zero-order chi connectivity index (χ0) is 9.07. The maximum Gasteiger partial charge on any atom is 0.108 e. The largest absolute Gasteiger partial charge is 0.550 e. The number of quaternary nitrogens is 1. The normalized spacial score (nSPS) is 13.3. The van der Waals surface area contributed by atoms with Crippen LogP contribution in [0.2, 0.25) is 0 Å². The SMILES string of the molecule is C[N+](C)(C)C[C@H](O)CC(=O)[O-].[Se]. The average Bonchev–Trinajstić information content (AvgIpc) is 1.53. The van der Waals surface area contributed by atoms with Gasteiger partial charge in [0.05, 0.1) is 21.1 Å². The van der Waals surface area contributed by atoms with Crippen LogP contribution < -0.4 is 5.11 Å². The second kappa shape index (κ2) is 5.54. The Morgan fingerprint density at radius 3 is 2.17 bits per heavy atom. The summed E-state index contributed by atoms with van der Waals surface area (Å²) in [6.45, 7) is 0.425. The number of carbonyl (C=O) groups excluding carboxylic acids is 1. The third-order valence-corrected chi connectivity index (χ3v) is 1.16. The molecular formula is C7H15NO3Se. The molecule has 0 aromatic rings. The van der Waals surface area contributed by atoms with Crippen LogP contribution in [0.5, 0.6) is 0 Å². The Hall–Kier alpha value is -0.0905. The summed E-state index contributed by atoms with van der Waals surface area (Å²) in [5, 5.41) is 19.1. The van der Waals surface area contributed by atoms with E-state index in [1.54, 1.807) is 0 Å². The number of likely N-dealkylation sites (N-methyl/N-ethyl adjacent to an activating group) is 1. The molecule has 0 saturated heterocycles. The Morgan fingerprint density at radius 1 is 1.50 bits per heavy atom. The predicted molar refractivity (Wildman–Crippen MR) is 44.3 cm³/mol. The van der Waals surface area contributed by atoms with Crippen LogP contribution in [0.3, 0.4) is 0 Å². The molecule has 0 aliphatic heterocycles. The van der Waals surface area contributed by atoms with Crippen LogP contribution in [0.25, 0.3) is 0 Å². The second-order valence-corrected chi connectivity index (χ2v) is 3.70. The number of aliphatic hydroxyl groups excluding tert-OH is 1. The van der Waals surface area contributed by atoms with Crippen LogP contribution in [-0.2, 0) is 4.79 Å². The summed E-state index contributed by atoms with van der Waals surface area (Å²) in [6, 6.07) is 0. The first-order valence-electron chi connectivity index (χ1n) is 3.49. The van der Waals surface area contributed by atoms with Gasteiger partial charge in [-0.15, -0.1) is 0 Å². The summed E-state index contributed by atoms with van der Waals surface area (Å²) in [7, 11) is 5.66. The van der Waals surface area contributed by atoms with Gasteiger partial charge < -0.3 is 19.5 Å². The number of aliphatic hydroxyl groups is 1. The van der Waals surface area contributed by atoms with E-state index in [2.05, 4.69) is 0 Å². The summed E-state index contributed by atoms with van der Waals surface area (Å²) >= 11 is 0. The molecule has 4 nitrogen and oxygen atoms in total. The molecule has 0 heterocycles. The van der Waals surface area contributed by atoms with Gasteiger partial charge in [-0.2, -0.15) is 0 Å². The molecule has 12 heavy (non-hydrogen) atoms. The fourth-order valence-electron chi connectivity index (χ4n) is 0.889. The van der Waals surface area contributed by atoms with E-state index in [-0.39, 0.29) is 23.5 Å². The van der Waals surface area contributed by atoms with E-state index in [0.717, 1.165) is 0 Å². The third-order valence-electron chi connectivity index (χ3n) is 1.16. The van der Waals surface area contributed by atoms with Crippen molar-refractivity contribution < 1.29 is 19.5 Å². The van der Waals surface area contributed by atoms with Gasteiger partial charge in [0.15, 0.2) is 0 Å². The molecule has 0 aliphatic rings. The Kier molecular flexibility index (Phi) is 6.66. The van der Waals surface area contributed by atoms with Crippen LogP contribution in [0.1, 0.15) is 6.42 Å². The molecule has 0 spiro atoms. The number of rotatable bonds is 4. The van der Waals surface area contributed by atoms with Crippen molar-refractivity contribution in [2.75, 3.05) is 27.7 Å². The number of carboxylic acid groups (broad SMARTS) is 1. The molecule has 0 aliphatic carbocycles. The van der Waals surface area contributed by atoms with Crippen molar-refractivity contribution in [3.05, 3.63) is 0 Å². The summed E-state index contributed by atoms with van der Waals surface area (Å²) in [4.78, 5) is 10.0. The first kappa shape index (κ1) is 14.4. The van der Waals surface area contributed by atoms with Gasteiger partial charge in [0, 0.05) is 29.5 Å². The molecule has 0 fully saturated rings. The van der Waals surface area contributed by atoms with Gasteiger partial charge in [0.25, 0.3) is 0 Å². The Balaban J connectivity index is 0. The molecule has 2 radical (unpaired) electrons. The molecule has 0 bridgehead atoms. The molecule has 5 heteroatoms. The summed E-state index contributed by atoms with van der Waals surface area (Å²) < 4.78 is 0.550. The average molecular weight is 240 g/mol. The summed E-state index contributed by atoms with van der Waals surface area (Å²) in [6.07, 6.45) is -1.09. The number of carbonyl (C=O) groups is 1. The minimum Gasteiger partial charge on any atom is -0.550 e. The van der Waals surface area contributed by atoms with Crippen molar-refractivity contribution in [2.24, 2.45) is 0 Å². The summed E-state index contributed by atoms with van der Waals surface area (Å²) in [5.41, 5.74) is 0. The number of aliphatic carboxylic acids is 1. The van der Waals surface area contributed by atoms with Gasteiger partial charge in [-0.05, 0) is 0 Å². The standard InChI is InChI=1S/C7H15NO3.Se/c1-8(2,3)5-6(9)4-7(10)11;/h6,9H,4-5H2,1-3H3;/t6-;/m1./s1. The number of carboxylic acids is 1. The molecule has 0 rings (SSSR count). The maximum atomic E-state index is 10.0. The molecule has 0 saturated carbocycles. The summed E-state index contributed by atoms with van der Waals surface area (Å²) in [5.74, 6) is -1.20. The van der Waals surface area contributed by atoms with E-state index in [0.29, 0.717) is 11.0 Å². The smallest absolute Gasteiger partial charge is 0.108 e.